The van der Waals surface area contributed by atoms with Crippen molar-refractivity contribution in [2.45, 2.75) is 17.1 Å². The van der Waals surface area contributed by atoms with E-state index in [1.807, 2.05) is 6.07 Å². The van der Waals surface area contributed by atoms with E-state index in [2.05, 4.69) is 10.2 Å². The molecule has 1 heterocycles. The van der Waals surface area contributed by atoms with Gasteiger partial charge in [0.15, 0.2) is 5.82 Å². The Bertz CT molecular complexity index is 878. The Morgan fingerprint density at radius 3 is 2.36 bits per heavy atom. The van der Waals surface area contributed by atoms with Gasteiger partial charge >= 0.3 is 6.18 Å². The fourth-order valence-electron chi connectivity index (χ4n) is 2.14. The molecule has 3 rings (SSSR count). The van der Waals surface area contributed by atoms with Crippen LogP contribution >= 0.6 is 23.4 Å². The second kappa shape index (κ2) is 6.97. The number of nitrogens with two attached hydrogens (primary N) is 1. The maximum Gasteiger partial charge on any atom is 0.416 e. The lowest BCUT2D eigenvalue weighted by Gasteiger charge is -2.07. The second-order valence-corrected chi connectivity index (χ2v) is 6.49. The molecule has 0 aliphatic rings. The number of nitrogens with zero attached hydrogens (tertiary/aromatic N) is 3. The molecule has 2 aromatic carbocycles. The smallest absolute Gasteiger partial charge is 0.335 e. The average Bonchev–Trinajstić information content (AvgIpc) is 2.94. The molecule has 0 radical (unpaired) electrons. The van der Waals surface area contributed by atoms with Gasteiger partial charge in [-0.2, -0.15) is 13.2 Å². The summed E-state index contributed by atoms with van der Waals surface area (Å²) in [6, 6.07) is 12.1. The molecule has 1 aromatic heterocycles. The van der Waals surface area contributed by atoms with Gasteiger partial charge in [-0.3, -0.25) is 0 Å². The van der Waals surface area contributed by atoms with Crippen LogP contribution in [0.5, 0.6) is 0 Å². The average molecular weight is 385 g/mol. The Labute approximate surface area is 150 Å². The summed E-state index contributed by atoms with van der Waals surface area (Å²) in [5.74, 6) is 6.84. The molecule has 130 valence electrons. The van der Waals surface area contributed by atoms with Crippen molar-refractivity contribution in [3.8, 4) is 11.4 Å². The molecule has 9 heteroatoms. The molecule has 0 spiro atoms. The topological polar surface area (TPSA) is 56.7 Å². The van der Waals surface area contributed by atoms with Crippen LogP contribution in [-0.2, 0) is 11.9 Å². The first-order valence-electron chi connectivity index (χ1n) is 7.10. The van der Waals surface area contributed by atoms with Crippen LogP contribution in [0.3, 0.4) is 0 Å². The van der Waals surface area contributed by atoms with Crippen LogP contribution in [0.25, 0.3) is 11.4 Å². The number of aromatic nitrogens is 3. The predicted octanol–water partition coefficient (Wildman–Crippen LogP) is 4.62. The highest BCUT2D eigenvalue weighted by Crippen LogP contribution is 2.31. The monoisotopic (exact) mass is 384 g/mol. The first-order chi connectivity index (χ1) is 11.9. The highest BCUT2D eigenvalue weighted by atomic mass is 35.5. The summed E-state index contributed by atoms with van der Waals surface area (Å²) in [5, 5.41) is 9.00. The maximum atomic E-state index is 12.6. The van der Waals surface area contributed by atoms with Crippen LogP contribution in [0.4, 0.5) is 13.2 Å². The number of hydrogen-bond acceptors (Lipinski definition) is 4. The van der Waals surface area contributed by atoms with Gasteiger partial charge < -0.3 is 5.84 Å². The third-order valence-corrected chi connectivity index (χ3v) is 4.77. The summed E-state index contributed by atoms with van der Waals surface area (Å²) in [7, 11) is 0. The molecule has 2 N–H and O–H groups in total. The summed E-state index contributed by atoms with van der Waals surface area (Å²) in [4.78, 5) is 0. The van der Waals surface area contributed by atoms with Crippen LogP contribution in [0, 0.1) is 0 Å². The minimum Gasteiger partial charge on any atom is -0.335 e. The first kappa shape index (κ1) is 17.6. The van der Waals surface area contributed by atoms with Crippen molar-refractivity contribution in [3.05, 3.63) is 64.7 Å². The largest absolute Gasteiger partial charge is 0.416 e. The minimum absolute atomic E-state index is 0.413. The molecular weight excluding hydrogens is 373 g/mol. The van der Waals surface area contributed by atoms with Gasteiger partial charge in [-0.25, -0.2) is 4.68 Å². The van der Waals surface area contributed by atoms with E-state index < -0.39 is 11.7 Å². The van der Waals surface area contributed by atoms with E-state index in [1.165, 1.54) is 28.6 Å². The lowest BCUT2D eigenvalue weighted by Crippen LogP contribution is -2.11. The molecule has 0 fully saturated rings. The standard InChI is InChI=1S/C16H12ClF3N4S/c17-13-4-2-1-3-12(13)14-22-23-15(24(14)21)25-9-10-5-7-11(8-6-10)16(18,19)20/h1-8H,9,21H2. The Kier molecular flexibility index (Phi) is 4.91. The summed E-state index contributed by atoms with van der Waals surface area (Å²) in [5.41, 5.74) is 0.699. The van der Waals surface area contributed by atoms with Crippen molar-refractivity contribution in [2.24, 2.45) is 0 Å². The quantitative estimate of drug-likeness (QED) is 0.526. The van der Waals surface area contributed by atoms with E-state index in [-0.39, 0.29) is 0 Å². The fraction of sp³-hybridized carbons (Fsp3) is 0.125. The van der Waals surface area contributed by atoms with Gasteiger partial charge in [0.1, 0.15) is 0 Å². The summed E-state index contributed by atoms with van der Waals surface area (Å²) < 4.78 is 39.0. The normalized spacial score (nSPS) is 11.7. The van der Waals surface area contributed by atoms with Crippen molar-refractivity contribution in [1.82, 2.24) is 14.9 Å². The lowest BCUT2D eigenvalue weighted by molar-refractivity contribution is -0.137. The van der Waals surface area contributed by atoms with Crippen LogP contribution < -0.4 is 5.84 Å². The van der Waals surface area contributed by atoms with Crippen LogP contribution in [0.1, 0.15) is 11.1 Å². The zero-order chi connectivity index (χ0) is 18.0. The van der Waals surface area contributed by atoms with Crippen molar-refractivity contribution in [1.29, 1.82) is 0 Å². The number of thioether (sulfide) groups is 1. The lowest BCUT2D eigenvalue weighted by atomic mass is 10.1. The number of nitrogen functional groups attached to an aromatic ring is 1. The van der Waals surface area contributed by atoms with Gasteiger partial charge in [0.2, 0.25) is 5.16 Å². The molecular formula is C16H12ClF3N4S. The highest BCUT2D eigenvalue weighted by Gasteiger charge is 2.29. The van der Waals surface area contributed by atoms with Gasteiger partial charge in [-0.1, -0.05) is 47.6 Å². The van der Waals surface area contributed by atoms with Crippen LogP contribution in [0.15, 0.2) is 53.7 Å². The predicted molar refractivity (Wildman–Crippen MR) is 91.6 cm³/mol. The van der Waals surface area contributed by atoms with E-state index in [0.29, 0.717) is 27.3 Å². The highest BCUT2D eigenvalue weighted by molar-refractivity contribution is 7.98. The maximum absolute atomic E-state index is 12.6. The number of rotatable bonds is 4. The molecule has 0 atom stereocenters. The Balaban J connectivity index is 1.74. The zero-order valence-corrected chi connectivity index (χ0v) is 14.2. The third-order valence-electron chi connectivity index (χ3n) is 3.43. The Hall–Kier alpha value is -2.19. The summed E-state index contributed by atoms with van der Waals surface area (Å²) >= 11 is 7.40. The molecule has 0 amide bonds. The van der Waals surface area contributed by atoms with E-state index in [1.54, 1.807) is 18.2 Å². The summed E-state index contributed by atoms with van der Waals surface area (Å²) in [6.07, 6.45) is -4.34. The molecule has 0 aliphatic carbocycles. The SMILES string of the molecule is Nn1c(SCc2ccc(C(F)(F)F)cc2)nnc1-c1ccccc1Cl. The van der Waals surface area contributed by atoms with Crippen molar-refractivity contribution < 1.29 is 13.2 Å². The van der Waals surface area contributed by atoms with Crippen molar-refractivity contribution >= 4 is 23.4 Å². The number of alkyl halides is 3. The van der Waals surface area contributed by atoms with Gasteiger partial charge in [-0.15, -0.1) is 10.2 Å². The van der Waals surface area contributed by atoms with Gasteiger partial charge in [0, 0.05) is 11.3 Å². The fourth-order valence-corrected chi connectivity index (χ4v) is 3.17. The van der Waals surface area contributed by atoms with E-state index >= 15 is 0 Å². The summed E-state index contributed by atoms with van der Waals surface area (Å²) in [6.45, 7) is 0. The molecule has 0 aliphatic heterocycles. The van der Waals surface area contributed by atoms with E-state index in [0.717, 1.165) is 17.7 Å². The third kappa shape index (κ3) is 3.91. The molecule has 0 bridgehead atoms. The minimum atomic E-state index is -4.34. The molecule has 4 nitrogen and oxygen atoms in total. The van der Waals surface area contributed by atoms with Gasteiger partial charge in [-0.05, 0) is 29.8 Å². The number of hydrogen-bond donors (Lipinski definition) is 1. The Morgan fingerprint density at radius 1 is 1.04 bits per heavy atom. The van der Waals surface area contributed by atoms with E-state index in [4.69, 9.17) is 17.4 Å². The number of halogens is 4. The van der Waals surface area contributed by atoms with Gasteiger partial charge in [0.25, 0.3) is 0 Å². The number of benzene rings is 2. The first-order valence-corrected chi connectivity index (χ1v) is 8.47. The molecule has 0 saturated heterocycles. The molecule has 3 aromatic rings. The van der Waals surface area contributed by atoms with Crippen molar-refractivity contribution in [3.63, 3.8) is 0 Å². The molecule has 25 heavy (non-hydrogen) atoms. The Morgan fingerprint density at radius 2 is 1.72 bits per heavy atom. The second-order valence-electron chi connectivity index (χ2n) is 5.14. The van der Waals surface area contributed by atoms with Crippen LogP contribution in [-0.4, -0.2) is 14.9 Å². The van der Waals surface area contributed by atoms with Crippen molar-refractivity contribution in [2.75, 3.05) is 5.84 Å². The zero-order valence-electron chi connectivity index (χ0n) is 12.7. The van der Waals surface area contributed by atoms with E-state index in [9.17, 15) is 13.2 Å². The molecule has 0 saturated carbocycles. The molecule has 0 unspecified atom stereocenters. The van der Waals surface area contributed by atoms with Gasteiger partial charge in [0.05, 0.1) is 10.6 Å². The van der Waals surface area contributed by atoms with Crippen LogP contribution in [0.2, 0.25) is 5.02 Å².